The zero-order chi connectivity index (χ0) is 13.1. The highest BCUT2D eigenvalue weighted by atomic mass is 19.1. The normalized spacial score (nSPS) is 18.7. The van der Waals surface area contributed by atoms with E-state index in [1.807, 2.05) is 6.92 Å². The van der Waals surface area contributed by atoms with Gasteiger partial charge >= 0.3 is 0 Å². The largest absolute Gasteiger partial charge is 0.387 e. The minimum Gasteiger partial charge on any atom is -0.387 e. The van der Waals surface area contributed by atoms with Crippen LogP contribution in [0.15, 0.2) is 18.2 Å². The van der Waals surface area contributed by atoms with E-state index in [4.69, 9.17) is 0 Å². The molecule has 0 amide bonds. The third-order valence-electron chi connectivity index (χ3n) is 3.38. The summed E-state index contributed by atoms with van der Waals surface area (Å²) in [6.45, 7) is 2.20. The van der Waals surface area contributed by atoms with E-state index in [9.17, 15) is 13.9 Å². The molecular formula is C14H19F2NO. The zero-order valence-electron chi connectivity index (χ0n) is 10.5. The Morgan fingerprint density at radius 1 is 1.33 bits per heavy atom. The molecule has 0 aliphatic heterocycles. The van der Waals surface area contributed by atoms with Crippen molar-refractivity contribution in [2.45, 2.75) is 38.3 Å². The summed E-state index contributed by atoms with van der Waals surface area (Å²) < 4.78 is 26.8. The van der Waals surface area contributed by atoms with Gasteiger partial charge in [0.1, 0.15) is 11.6 Å². The van der Waals surface area contributed by atoms with Gasteiger partial charge in [-0.3, -0.25) is 0 Å². The van der Waals surface area contributed by atoms with Crippen molar-refractivity contribution in [3.63, 3.8) is 0 Å². The Morgan fingerprint density at radius 2 is 1.94 bits per heavy atom. The van der Waals surface area contributed by atoms with Crippen LogP contribution in [0.2, 0.25) is 0 Å². The van der Waals surface area contributed by atoms with Crippen molar-refractivity contribution in [3.8, 4) is 0 Å². The van der Waals surface area contributed by atoms with Gasteiger partial charge in [0, 0.05) is 12.6 Å². The second-order valence-corrected chi connectivity index (χ2v) is 5.14. The average Bonchev–Trinajstić information content (AvgIpc) is 3.10. The van der Waals surface area contributed by atoms with Crippen LogP contribution in [-0.4, -0.2) is 17.7 Å². The maximum absolute atomic E-state index is 13.4. The molecular weight excluding hydrogens is 236 g/mol. The number of halogens is 2. The molecule has 2 rings (SSSR count). The quantitative estimate of drug-likeness (QED) is 0.819. The van der Waals surface area contributed by atoms with Crippen LogP contribution in [0, 0.1) is 17.6 Å². The molecule has 1 aromatic rings. The fourth-order valence-electron chi connectivity index (χ4n) is 2.18. The molecule has 4 heteroatoms. The molecule has 0 bridgehead atoms. The van der Waals surface area contributed by atoms with Crippen LogP contribution in [0.4, 0.5) is 8.78 Å². The summed E-state index contributed by atoms with van der Waals surface area (Å²) in [4.78, 5) is 0. The minimum absolute atomic E-state index is 0.172. The van der Waals surface area contributed by atoms with Gasteiger partial charge in [-0.2, -0.15) is 0 Å². The summed E-state index contributed by atoms with van der Waals surface area (Å²) in [5.74, 6) is -0.604. The van der Waals surface area contributed by atoms with Gasteiger partial charge in [-0.15, -0.1) is 0 Å². The molecule has 0 saturated heterocycles. The minimum atomic E-state index is -1.15. The van der Waals surface area contributed by atoms with E-state index in [1.54, 1.807) is 0 Å². The number of benzene rings is 1. The topological polar surface area (TPSA) is 32.3 Å². The SMILES string of the molecule is CC(CC1CC1)NCC(O)c1c(F)cccc1F. The Kier molecular flexibility index (Phi) is 4.30. The van der Waals surface area contributed by atoms with Gasteiger partial charge < -0.3 is 10.4 Å². The molecule has 2 N–H and O–H groups in total. The van der Waals surface area contributed by atoms with E-state index < -0.39 is 17.7 Å². The molecule has 100 valence electrons. The molecule has 0 aromatic heterocycles. The molecule has 1 aliphatic rings. The summed E-state index contributed by atoms with van der Waals surface area (Å²) in [6, 6.07) is 3.89. The Bertz CT molecular complexity index is 387. The highest BCUT2D eigenvalue weighted by molar-refractivity contribution is 5.22. The van der Waals surface area contributed by atoms with E-state index >= 15 is 0 Å². The Hall–Kier alpha value is -1.00. The van der Waals surface area contributed by atoms with Crippen LogP contribution >= 0.6 is 0 Å². The fourth-order valence-corrected chi connectivity index (χ4v) is 2.18. The molecule has 0 radical (unpaired) electrons. The monoisotopic (exact) mass is 255 g/mol. The number of rotatable bonds is 6. The second-order valence-electron chi connectivity index (χ2n) is 5.14. The third kappa shape index (κ3) is 3.50. The first-order chi connectivity index (χ1) is 8.58. The van der Waals surface area contributed by atoms with Gasteiger partial charge in [0.15, 0.2) is 0 Å². The number of hydrogen-bond donors (Lipinski definition) is 2. The molecule has 2 nitrogen and oxygen atoms in total. The Balaban J connectivity index is 1.88. The van der Waals surface area contributed by atoms with Gasteiger partial charge in [-0.05, 0) is 31.4 Å². The molecule has 18 heavy (non-hydrogen) atoms. The number of aliphatic hydroxyl groups excluding tert-OH is 1. The highest BCUT2D eigenvalue weighted by Gasteiger charge is 2.24. The van der Waals surface area contributed by atoms with Gasteiger partial charge in [-0.25, -0.2) is 8.78 Å². The van der Waals surface area contributed by atoms with Crippen LogP contribution in [0.1, 0.15) is 37.9 Å². The van der Waals surface area contributed by atoms with E-state index in [1.165, 1.54) is 18.9 Å². The molecule has 0 spiro atoms. The van der Waals surface area contributed by atoms with Crippen LogP contribution < -0.4 is 5.32 Å². The number of hydrogen-bond acceptors (Lipinski definition) is 2. The van der Waals surface area contributed by atoms with Crippen LogP contribution in [0.5, 0.6) is 0 Å². The highest BCUT2D eigenvalue weighted by Crippen LogP contribution is 2.33. The molecule has 2 atom stereocenters. The Labute approximate surface area is 106 Å². The van der Waals surface area contributed by atoms with Crippen molar-refractivity contribution < 1.29 is 13.9 Å². The summed E-state index contributed by atoms with van der Waals surface area (Å²) >= 11 is 0. The molecule has 1 saturated carbocycles. The van der Waals surface area contributed by atoms with E-state index in [2.05, 4.69) is 5.32 Å². The summed E-state index contributed by atoms with van der Waals surface area (Å²) in [5, 5.41) is 13.0. The summed E-state index contributed by atoms with van der Waals surface area (Å²) in [7, 11) is 0. The average molecular weight is 255 g/mol. The van der Waals surface area contributed by atoms with Crippen LogP contribution in [0.25, 0.3) is 0 Å². The van der Waals surface area contributed by atoms with Gasteiger partial charge in [0.25, 0.3) is 0 Å². The lowest BCUT2D eigenvalue weighted by Gasteiger charge is -2.18. The predicted molar refractivity (Wildman–Crippen MR) is 66.1 cm³/mol. The van der Waals surface area contributed by atoms with E-state index in [0.717, 1.165) is 24.5 Å². The van der Waals surface area contributed by atoms with E-state index in [-0.39, 0.29) is 18.2 Å². The second kappa shape index (κ2) is 5.76. The molecule has 2 unspecified atom stereocenters. The lowest BCUT2D eigenvalue weighted by molar-refractivity contribution is 0.160. The van der Waals surface area contributed by atoms with E-state index in [0.29, 0.717) is 0 Å². The van der Waals surface area contributed by atoms with Crippen molar-refractivity contribution in [2.75, 3.05) is 6.54 Å². The summed E-state index contributed by atoms with van der Waals surface area (Å²) in [6.07, 6.45) is 2.47. The Morgan fingerprint density at radius 3 is 2.50 bits per heavy atom. The van der Waals surface area contributed by atoms with Gasteiger partial charge in [0.05, 0.1) is 11.7 Å². The van der Waals surface area contributed by atoms with Crippen molar-refractivity contribution in [1.29, 1.82) is 0 Å². The molecule has 1 fully saturated rings. The third-order valence-corrected chi connectivity index (χ3v) is 3.38. The van der Waals surface area contributed by atoms with Crippen molar-refractivity contribution in [3.05, 3.63) is 35.4 Å². The molecule has 1 aliphatic carbocycles. The number of aliphatic hydroxyl groups is 1. The van der Waals surface area contributed by atoms with Gasteiger partial charge in [0.2, 0.25) is 0 Å². The lowest BCUT2D eigenvalue weighted by Crippen LogP contribution is -2.31. The maximum Gasteiger partial charge on any atom is 0.131 e. The predicted octanol–water partition coefficient (Wildman–Crippen LogP) is 2.78. The van der Waals surface area contributed by atoms with Crippen molar-refractivity contribution in [2.24, 2.45) is 5.92 Å². The molecule has 0 heterocycles. The van der Waals surface area contributed by atoms with Crippen LogP contribution in [-0.2, 0) is 0 Å². The zero-order valence-corrected chi connectivity index (χ0v) is 10.5. The maximum atomic E-state index is 13.4. The van der Waals surface area contributed by atoms with Crippen molar-refractivity contribution >= 4 is 0 Å². The van der Waals surface area contributed by atoms with Gasteiger partial charge in [-0.1, -0.05) is 18.9 Å². The first-order valence-electron chi connectivity index (χ1n) is 6.43. The molecule has 1 aromatic carbocycles. The first kappa shape index (κ1) is 13.4. The summed E-state index contributed by atoms with van der Waals surface area (Å²) in [5.41, 5.74) is -0.247. The van der Waals surface area contributed by atoms with Crippen molar-refractivity contribution in [1.82, 2.24) is 5.32 Å². The first-order valence-corrected chi connectivity index (χ1v) is 6.43. The number of nitrogens with one attached hydrogen (secondary N) is 1. The fraction of sp³-hybridized carbons (Fsp3) is 0.571. The lowest BCUT2D eigenvalue weighted by atomic mass is 10.1. The standard InChI is InChI=1S/C14H19F2NO/c1-9(7-10-5-6-10)17-8-13(18)14-11(15)3-2-4-12(14)16/h2-4,9-10,13,17-18H,5-8H2,1H3. The van der Waals surface area contributed by atoms with Crippen LogP contribution in [0.3, 0.4) is 0 Å². The smallest absolute Gasteiger partial charge is 0.131 e.